The lowest BCUT2D eigenvalue weighted by Gasteiger charge is -2.29. The molecule has 148 valence electrons. The van der Waals surface area contributed by atoms with Gasteiger partial charge in [-0.1, -0.05) is 127 Å². The smallest absolute Gasteiger partial charge is 0.241 e. The van der Waals surface area contributed by atoms with E-state index in [0.717, 1.165) is 23.9 Å². The lowest BCUT2D eigenvalue weighted by molar-refractivity contribution is 0.0201. The van der Waals surface area contributed by atoms with Crippen LogP contribution in [0.15, 0.2) is 60.7 Å². The Bertz CT molecular complexity index is 607. The van der Waals surface area contributed by atoms with Crippen LogP contribution in [0.25, 0.3) is 0 Å². The van der Waals surface area contributed by atoms with Crippen LogP contribution in [0, 0.1) is 5.41 Å². The van der Waals surface area contributed by atoms with E-state index in [0.29, 0.717) is 0 Å². The zero-order valence-electron chi connectivity index (χ0n) is 16.4. The standard InChI is InChI=1S/C22H30I2O2Si/c1-22(2,3)17-18(25-15-14-23)16-21(24)26-27(19-10-6-4-7-11-19)20-12-8-5-9-13-20/h4-13,18,21,27H,14-17H2,1-3H3/t18?,21-/m1/s1. The third kappa shape index (κ3) is 8.93. The van der Waals surface area contributed by atoms with Crippen molar-refractivity contribution in [3.05, 3.63) is 60.7 Å². The quantitative estimate of drug-likeness (QED) is 0.216. The molecule has 0 aliphatic heterocycles. The number of ether oxygens (including phenoxy) is 1. The van der Waals surface area contributed by atoms with Gasteiger partial charge in [0.15, 0.2) is 0 Å². The van der Waals surface area contributed by atoms with Crippen LogP contribution in [0.2, 0.25) is 0 Å². The molecule has 5 heteroatoms. The summed E-state index contributed by atoms with van der Waals surface area (Å²) in [6.45, 7) is 7.65. The van der Waals surface area contributed by atoms with Gasteiger partial charge in [0, 0.05) is 10.8 Å². The lowest BCUT2D eigenvalue weighted by Crippen LogP contribution is -2.46. The summed E-state index contributed by atoms with van der Waals surface area (Å²) >= 11 is 4.84. The highest BCUT2D eigenvalue weighted by Gasteiger charge is 2.26. The zero-order chi connectivity index (χ0) is 19.7. The second kappa shape index (κ2) is 11.9. The van der Waals surface area contributed by atoms with Crippen molar-refractivity contribution in [1.82, 2.24) is 0 Å². The number of benzene rings is 2. The first-order valence-corrected chi connectivity index (χ1v) is 13.9. The Kier molecular flexibility index (Phi) is 10.3. The predicted molar refractivity (Wildman–Crippen MR) is 136 cm³/mol. The molecule has 2 nitrogen and oxygen atoms in total. The summed E-state index contributed by atoms with van der Waals surface area (Å²) in [7, 11) is -1.71. The van der Waals surface area contributed by atoms with Gasteiger partial charge in [0.25, 0.3) is 0 Å². The second-order valence-electron chi connectivity index (χ2n) is 7.93. The van der Waals surface area contributed by atoms with Gasteiger partial charge in [-0.25, -0.2) is 0 Å². The fourth-order valence-electron chi connectivity index (χ4n) is 3.12. The summed E-state index contributed by atoms with van der Waals surface area (Å²) in [5, 5.41) is 2.65. The number of rotatable bonds is 10. The number of alkyl halides is 2. The molecule has 0 N–H and O–H groups in total. The molecule has 0 fully saturated rings. The molecule has 2 rings (SSSR count). The molecular weight excluding hydrogens is 578 g/mol. The van der Waals surface area contributed by atoms with E-state index in [2.05, 4.69) is 127 Å². The monoisotopic (exact) mass is 608 g/mol. The minimum Gasteiger partial charge on any atom is -0.399 e. The minimum atomic E-state index is -1.71. The first kappa shape index (κ1) is 23.3. The highest BCUT2D eigenvalue weighted by molar-refractivity contribution is 14.1. The normalized spacial score (nSPS) is 14.3. The van der Waals surface area contributed by atoms with Crippen LogP contribution in [0.3, 0.4) is 0 Å². The van der Waals surface area contributed by atoms with Crippen molar-refractivity contribution in [2.75, 3.05) is 11.0 Å². The lowest BCUT2D eigenvalue weighted by atomic mass is 9.88. The fraction of sp³-hybridized carbons (Fsp3) is 0.455. The Morgan fingerprint density at radius 3 is 1.89 bits per heavy atom. The van der Waals surface area contributed by atoms with Crippen LogP contribution in [0.1, 0.15) is 33.6 Å². The van der Waals surface area contributed by atoms with E-state index in [4.69, 9.17) is 9.16 Å². The number of hydrogen-bond donors (Lipinski definition) is 0. The van der Waals surface area contributed by atoms with E-state index in [1.54, 1.807) is 0 Å². The van der Waals surface area contributed by atoms with Gasteiger partial charge in [-0.2, -0.15) is 0 Å². The summed E-state index contributed by atoms with van der Waals surface area (Å²) in [5.74, 6) is 0. The summed E-state index contributed by atoms with van der Waals surface area (Å²) in [4.78, 5) is 0. The Balaban J connectivity index is 2.11. The first-order chi connectivity index (χ1) is 12.9. The minimum absolute atomic E-state index is 0.140. The van der Waals surface area contributed by atoms with Crippen molar-refractivity contribution in [2.24, 2.45) is 5.41 Å². The molecular formula is C22H30I2O2Si. The van der Waals surface area contributed by atoms with Gasteiger partial charge in [-0.3, -0.25) is 0 Å². The van der Waals surface area contributed by atoms with Gasteiger partial charge < -0.3 is 9.16 Å². The van der Waals surface area contributed by atoms with E-state index in [9.17, 15) is 0 Å². The molecule has 0 saturated carbocycles. The SMILES string of the molecule is CC(C)(C)CC(C[C@H](I)O[SiH](c1ccccc1)c1ccccc1)OCCI. The van der Waals surface area contributed by atoms with Crippen molar-refractivity contribution >= 4 is 64.6 Å². The van der Waals surface area contributed by atoms with Gasteiger partial charge in [-0.05, 0) is 22.2 Å². The van der Waals surface area contributed by atoms with Crippen molar-refractivity contribution in [3.63, 3.8) is 0 Å². The molecule has 2 aromatic rings. The van der Waals surface area contributed by atoms with E-state index in [1.165, 1.54) is 10.4 Å². The molecule has 0 saturated heterocycles. The van der Waals surface area contributed by atoms with Gasteiger partial charge in [0.2, 0.25) is 9.04 Å². The van der Waals surface area contributed by atoms with Crippen LogP contribution >= 0.6 is 45.2 Å². The molecule has 0 amide bonds. The summed E-state index contributed by atoms with van der Waals surface area (Å²) in [6.07, 6.45) is 2.22. The maximum absolute atomic E-state index is 6.69. The van der Waals surface area contributed by atoms with Gasteiger partial charge in [0.05, 0.1) is 16.8 Å². The van der Waals surface area contributed by atoms with Crippen molar-refractivity contribution < 1.29 is 9.16 Å². The van der Waals surface area contributed by atoms with Gasteiger partial charge in [0.1, 0.15) is 0 Å². The highest BCUT2D eigenvalue weighted by Crippen LogP contribution is 2.27. The summed E-state index contributed by atoms with van der Waals surface area (Å²) < 4.78 is 14.0. The molecule has 27 heavy (non-hydrogen) atoms. The van der Waals surface area contributed by atoms with Crippen LogP contribution in [0.5, 0.6) is 0 Å². The fourth-order valence-corrected chi connectivity index (χ4v) is 7.07. The Morgan fingerprint density at radius 1 is 0.926 bits per heavy atom. The zero-order valence-corrected chi connectivity index (χ0v) is 21.9. The molecule has 0 aromatic heterocycles. The van der Waals surface area contributed by atoms with Crippen molar-refractivity contribution in [2.45, 2.75) is 43.8 Å². The average Bonchev–Trinajstić information content (AvgIpc) is 2.64. The Labute approximate surface area is 193 Å². The maximum atomic E-state index is 6.69. The predicted octanol–water partition coefficient (Wildman–Crippen LogP) is 4.95. The van der Waals surface area contributed by atoms with E-state index < -0.39 is 9.04 Å². The van der Waals surface area contributed by atoms with E-state index in [1.807, 2.05) is 0 Å². The van der Waals surface area contributed by atoms with E-state index >= 15 is 0 Å². The molecule has 0 heterocycles. The first-order valence-electron chi connectivity index (χ1n) is 9.46. The van der Waals surface area contributed by atoms with Crippen LogP contribution in [-0.2, 0) is 9.16 Å². The van der Waals surface area contributed by atoms with Gasteiger partial charge >= 0.3 is 0 Å². The molecule has 0 bridgehead atoms. The third-order valence-electron chi connectivity index (χ3n) is 4.21. The van der Waals surface area contributed by atoms with Gasteiger partial charge in [-0.15, -0.1) is 0 Å². The maximum Gasteiger partial charge on any atom is 0.241 e. The topological polar surface area (TPSA) is 18.5 Å². The second-order valence-corrected chi connectivity index (χ2v) is 12.8. The molecule has 2 atom stereocenters. The molecule has 0 radical (unpaired) electrons. The molecule has 2 aromatic carbocycles. The van der Waals surface area contributed by atoms with Crippen LogP contribution < -0.4 is 10.4 Å². The number of halogens is 2. The Hall–Kier alpha value is 0.0369. The average molecular weight is 608 g/mol. The largest absolute Gasteiger partial charge is 0.399 e. The number of hydrogen-bond acceptors (Lipinski definition) is 2. The van der Waals surface area contributed by atoms with E-state index in [-0.39, 0.29) is 15.6 Å². The van der Waals surface area contributed by atoms with Crippen molar-refractivity contribution in [1.29, 1.82) is 0 Å². The van der Waals surface area contributed by atoms with Crippen LogP contribution in [0.4, 0.5) is 0 Å². The van der Waals surface area contributed by atoms with Crippen LogP contribution in [-0.4, -0.2) is 30.3 Å². The van der Waals surface area contributed by atoms with Crippen molar-refractivity contribution in [3.8, 4) is 0 Å². The highest BCUT2D eigenvalue weighted by atomic mass is 127. The summed E-state index contributed by atoms with van der Waals surface area (Å²) in [5.41, 5.74) is 0.252. The summed E-state index contributed by atoms with van der Waals surface area (Å²) in [6, 6.07) is 21.4. The third-order valence-corrected chi connectivity index (χ3v) is 8.59. The Morgan fingerprint density at radius 2 is 1.44 bits per heavy atom. The molecule has 0 spiro atoms. The molecule has 1 unspecified atom stereocenters. The molecule has 0 aliphatic carbocycles. The molecule has 0 aliphatic rings.